The third-order valence-corrected chi connectivity index (χ3v) is 1.50. The van der Waals surface area contributed by atoms with Crippen LogP contribution in [0.5, 0.6) is 5.75 Å². The Balaban J connectivity index is 2.63. The van der Waals surface area contributed by atoms with Crippen LogP contribution in [0, 0.1) is 0 Å². The molecule has 0 saturated heterocycles. The van der Waals surface area contributed by atoms with Gasteiger partial charge in [-0.3, -0.25) is 9.59 Å². The standard InChI is InChI=1S/C11H12O5/c1-8(12)14-11(15-9(2)13)16-10-6-4-3-5-7-10/h3-7,11H,1-2H3. The Morgan fingerprint density at radius 1 is 1.00 bits per heavy atom. The predicted molar refractivity (Wildman–Crippen MR) is 54.4 cm³/mol. The number of esters is 2. The molecule has 0 aliphatic carbocycles. The zero-order valence-corrected chi connectivity index (χ0v) is 9.01. The van der Waals surface area contributed by atoms with Gasteiger partial charge in [0.15, 0.2) is 0 Å². The molecule has 1 aromatic rings. The molecule has 0 unspecified atom stereocenters. The summed E-state index contributed by atoms with van der Waals surface area (Å²) in [5, 5.41) is 0. The summed E-state index contributed by atoms with van der Waals surface area (Å²) in [6, 6.07) is 8.60. The molecular weight excluding hydrogens is 212 g/mol. The Labute approximate surface area is 92.9 Å². The molecule has 0 bridgehead atoms. The highest BCUT2D eigenvalue weighted by atomic mass is 16.9. The lowest BCUT2D eigenvalue weighted by Crippen LogP contribution is -2.28. The van der Waals surface area contributed by atoms with Crippen LogP contribution in [0.3, 0.4) is 0 Å². The number of hydrogen-bond acceptors (Lipinski definition) is 5. The van der Waals surface area contributed by atoms with Crippen LogP contribution in [0.1, 0.15) is 13.8 Å². The first kappa shape index (κ1) is 12.0. The average Bonchev–Trinajstić information content (AvgIpc) is 2.16. The van der Waals surface area contributed by atoms with Crippen molar-refractivity contribution in [1.29, 1.82) is 0 Å². The SMILES string of the molecule is CC(=O)OC(OC(C)=O)Oc1ccccc1. The molecule has 0 fully saturated rings. The maximum atomic E-state index is 10.7. The van der Waals surface area contributed by atoms with Crippen molar-refractivity contribution >= 4 is 11.9 Å². The molecule has 0 amide bonds. The quantitative estimate of drug-likeness (QED) is 0.572. The van der Waals surface area contributed by atoms with Crippen LogP contribution in [0.15, 0.2) is 30.3 Å². The molecular formula is C11H12O5. The first-order valence-electron chi connectivity index (χ1n) is 4.64. The number of rotatable bonds is 4. The van der Waals surface area contributed by atoms with Gasteiger partial charge in [0.05, 0.1) is 0 Å². The third-order valence-electron chi connectivity index (χ3n) is 1.50. The van der Waals surface area contributed by atoms with E-state index in [1.807, 2.05) is 0 Å². The van der Waals surface area contributed by atoms with Crippen LogP contribution in [0.4, 0.5) is 0 Å². The Hall–Kier alpha value is -2.04. The van der Waals surface area contributed by atoms with E-state index in [0.717, 1.165) is 0 Å². The van der Waals surface area contributed by atoms with Crippen LogP contribution in [0.25, 0.3) is 0 Å². The normalized spacial score (nSPS) is 9.69. The van der Waals surface area contributed by atoms with E-state index >= 15 is 0 Å². The topological polar surface area (TPSA) is 61.8 Å². The lowest BCUT2D eigenvalue weighted by molar-refractivity contribution is -0.232. The minimum absolute atomic E-state index is 0.440. The minimum atomic E-state index is -1.35. The molecule has 0 radical (unpaired) electrons. The molecule has 0 heterocycles. The number of benzene rings is 1. The highest BCUT2D eigenvalue weighted by Gasteiger charge is 2.16. The molecule has 0 N–H and O–H groups in total. The lowest BCUT2D eigenvalue weighted by atomic mass is 10.3. The number of ether oxygens (including phenoxy) is 3. The molecule has 86 valence electrons. The summed E-state index contributed by atoms with van der Waals surface area (Å²) in [6.07, 6.45) is 0. The molecule has 1 aromatic carbocycles. The minimum Gasteiger partial charge on any atom is -0.423 e. The van der Waals surface area contributed by atoms with Crippen LogP contribution in [0.2, 0.25) is 0 Å². The summed E-state index contributed by atoms with van der Waals surface area (Å²) in [7, 11) is 0. The summed E-state index contributed by atoms with van der Waals surface area (Å²) < 4.78 is 14.5. The monoisotopic (exact) mass is 224 g/mol. The molecule has 0 saturated carbocycles. The van der Waals surface area contributed by atoms with E-state index in [2.05, 4.69) is 9.47 Å². The molecule has 0 aliphatic heterocycles. The smallest absolute Gasteiger partial charge is 0.410 e. The molecule has 5 heteroatoms. The van der Waals surface area contributed by atoms with Gasteiger partial charge in [-0.2, -0.15) is 0 Å². The predicted octanol–water partition coefficient (Wildman–Crippen LogP) is 1.48. The van der Waals surface area contributed by atoms with Crippen LogP contribution in [-0.4, -0.2) is 18.4 Å². The summed E-state index contributed by atoms with van der Waals surface area (Å²) in [4.78, 5) is 21.5. The van der Waals surface area contributed by atoms with Crippen LogP contribution < -0.4 is 4.74 Å². The van der Waals surface area contributed by atoms with E-state index in [1.54, 1.807) is 30.3 Å². The number of carbonyl (C=O) groups excluding carboxylic acids is 2. The zero-order chi connectivity index (χ0) is 12.0. The average molecular weight is 224 g/mol. The fourth-order valence-electron chi connectivity index (χ4n) is 0.953. The van der Waals surface area contributed by atoms with Crippen molar-refractivity contribution in [2.45, 2.75) is 20.3 Å². The lowest BCUT2D eigenvalue weighted by Gasteiger charge is -2.17. The van der Waals surface area contributed by atoms with Crippen LogP contribution in [-0.2, 0) is 19.1 Å². The van der Waals surface area contributed by atoms with E-state index in [9.17, 15) is 9.59 Å². The highest BCUT2D eigenvalue weighted by molar-refractivity contribution is 5.68. The van der Waals surface area contributed by atoms with Crippen molar-refractivity contribution in [2.75, 3.05) is 0 Å². The van der Waals surface area contributed by atoms with Gasteiger partial charge in [-0.05, 0) is 12.1 Å². The fourth-order valence-corrected chi connectivity index (χ4v) is 0.953. The molecule has 5 nitrogen and oxygen atoms in total. The second-order valence-electron chi connectivity index (χ2n) is 2.94. The van der Waals surface area contributed by atoms with Crippen molar-refractivity contribution in [3.8, 4) is 5.75 Å². The third kappa shape index (κ3) is 4.45. The molecule has 0 aromatic heterocycles. The van der Waals surface area contributed by atoms with E-state index in [4.69, 9.17) is 4.74 Å². The Kier molecular flexibility index (Phi) is 4.32. The van der Waals surface area contributed by atoms with Gasteiger partial charge in [0, 0.05) is 13.8 Å². The van der Waals surface area contributed by atoms with Crippen LogP contribution >= 0.6 is 0 Å². The van der Waals surface area contributed by atoms with Crippen molar-refractivity contribution in [1.82, 2.24) is 0 Å². The summed E-state index contributed by atoms with van der Waals surface area (Å²) in [5.41, 5.74) is 0. The molecule has 16 heavy (non-hydrogen) atoms. The first-order valence-corrected chi connectivity index (χ1v) is 4.64. The largest absolute Gasteiger partial charge is 0.423 e. The van der Waals surface area contributed by atoms with Gasteiger partial charge in [-0.1, -0.05) is 18.2 Å². The van der Waals surface area contributed by atoms with Gasteiger partial charge in [0.1, 0.15) is 5.75 Å². The van der Waals surface area contributed by atoms with Gasteiger partial charge in [-0.15, -0.1) is 0 Å². The Bertz CT molecular complexity index is 344. The van der Waals surface area contributed by atoms with Gasteiger partial charge in [-0.25, -0.2) is 0 Å². The molecule has 0 spiro atoms. The van der Waals surface area contributed by atoms with Gasteiger partial charge >= 0.3 is 18.4 Å². The Morgan fingerprint density at radius 2 is 1.50 bits per heavy atom. The number of carbonyl (C=O) groups is 2. The first-order chi connectivity index (χ1) is 7.58. The van der Waals surface area contributed by atoms with Gasteiger partial charge < -0.3 is 14.2 Å². The number of para-hydroxylation sites is 1. The van der Waals surface area contributed by atoms with Crippen molar-refractivity contribution in [2.24, 2.45) is 0 Å². The second-order valence-corrected chi connectivity index (χ2v) is 2.94. The zero-order valence-electron chi connectivity index (χ0n) is 9.01. The highest BCUT2D eigenvalue weighted by Crippen LogP contribution is 2.12. The van der Waals surface area contributed by atoms with E-state index < -0.39 is 18.4 Å². The van der Waals surface area contributed by atoms with E-state index in [1.165, 1.54) is 13.8 Å². The summed E-state index contributed by atoms with van der Waals surface area (Å²) in [5.74, 6) is -0.751. The fraction of sp³-hybridized carbons (Fsp3) is 0.273. The summed E-state index contributed by atoms with van der Waals surface area (Å²) in [6.45, 7) is 1.05. The Morgan fingerprint density at radius 3 is 1.94 bits per heavy atom. The van der Waals surface area contributed by atoms with Crippen molar-refractivity contribution in [3.05, 3.63) is 30.3 Å². The second kappa shape index (κ2) is 5.75. The van der Waals surface area contributed by atoms with E-state index in [0.29, 0.717) is 5.75 Å². The van der Waals surface area contributed by atoms with E-state index in [-0.39, 0.29) is 0 Å². The maximum Gasteiger partial charge on any atom is 0.410 e. The molecule has 1 rings (SSSR count). The molecule has 0 atom stereocenters. The van der Waals surface area contributed by atoms with Gasteiger partial charge in [0.2, 0.25) is 0 Å². The van der Waals surface area contributed by atoms with Gasteiger partial charge in [0.25, 0.3) is 0 Å². The molecule has 0 aliphatic rings. The summed E-state index contributed by atoms with van der Waals surface area (Å²) >= 11 is 0. The maximum absolute atomic E-state index is 10.7. The van der Waals surface area contributed by atoms with Crippen molar-refractivity contribution < 1.29 is 23.8 Å². The number of hydrogen-bond donors (Lipinski definition) is 0. The van der Waals surface area contributed by atoms with Crippen molar-refractivity contribution in [3.63, 3.8) is 0 Å².